The highest BCUT2D eigenvalue weighted by atomic mass is 35.5. The number of amides is 2. The molecule has 0 saturated heterocycles. The van der Waals surface area contributed by atoms with Crippen molar-refractivity contribution in [1.82, 2.24) is 10.2 Å². The summed E-state index contributed by atoms with van der Waals surface area (Å²) < 4.78 is 13.4. The number of likely N-dealkylation sites (N-methyl/N-ethyl adjacent to an activating group) is 1. The van der Waals surface area contributed by atoms with Crippen molar-refractivity contribution in [2.24, 2.45) is 0 Å². The Labute approximate surface area is 209 Å². The molecule has 178 valence electrons. The number of hydrogen-bond acceptors (Lipinski definition) is 3. The second kappa shape index (κ2) is 13.2. The Balaban J connectivity index is 1.73. The van der Waals surface area contributed by atoms with Crippen molar-refractivity contribution in [2.75, 3.05) is 12.8 Å². The predicted molar refractivity (Wildman–Crippen MR) is 136 cm³/mol. The average molecular weight is 499 g/mol. The summed E-state index contributed by atoms with van der Waals surface area (Å²) in [5.41, 5.74) is 1.73. The van der Waals surface area contributed by atoms with Gasteiger partial charge >= 0.3 is 0 Å². The predicted octanol–water partition coefficient (Wildman–Crippen LogP) is 5.74. The summed E-state index contributed by atoms with van der Waals surface area (Å²) in [6.45, 7) is 0.231. The molecule has 1 unspecified atom stereocenters. The van der Waals surface area contributed by atoms with Crippen LogP contribution in [0.1, 0.15) is 24.0 Å². The van der Waals surface area contributed by atoms with E-state index in [0.717, 1.165) is 21.8 Å². The molecule has 1 N–H and O–H groups in total. The van der Waals surface area contributed by atoms with Gasteiger partial charge in [-0.05, 0) is 59.7 Å². The summed E-state index contributed by atoms with van der Waals surface area (Å²) in [7, 11) is 1.57. The number of thioether (sulfide) groups is 1. The molecule has 7 heteroatoms. The highest BCUT2D eigenvalue weighted by Gasteiger charge is 2.29. The molecule has 0 heterocycles. The molecular formula is C27H28ClFN2O2S. The average Bonchev–Trinajstić information content (AvgIpc) is 2.86. The molecule has 1 atom stereocenters. The first-order valence-corrected chi connectivity index (χ1v) is 12.5. The van der Waals surface area contributed by atoms with Crippen LogP contribution >= 0.6 is 23.4 Å². The van der Waals surface area contributed by atoms with Crippen molar-refractivity contribution < 1.29 is 14.0 Å². The highest BCUT2D eigenvalue weighted by molar-refractivity contribution is 7.99. The van der Waals surface area contributed by atoms with Crippen molar-refractivity contribution in [1.29, 1.82) is 0 Å². The maximum Gasteiger partial charge on any atom is 0.242 e. The van der Waals surface area contributed by atoms with Gasteiger partial charge in [0.1, 0.15) is 11.9 Å². The van der Waals surface area contributed by atoms with Gasteiger partial charge in [0.25, 0.3) is 0 Å². The van der Waals surface area contributed by atoms with Crippen molar-refractivity contribution in [3.05, 3.63) is 101 Å². The summed E-state index contributed by atoms with van der Waals surface area (Å²) in [6.07, 6.45) is 1.37. The number of benzene rings is 3. The lowest BCUT2D eigenvalue weighted by Gasteiger charge is -2.31. The third-order valence-electron chi connectivity index (χ3n) is 5.40. The van der Waals surface area contributed by atoms with E-state index in [4.69, 9.17) is 11.6 Å². The van der Waals surface area contributed by atoms with E-state index in [-0.39, 0.29) is 24.2 Å². The zero-order valence-corrected chi connectivity index (χ0v) is 20.6. The van der Waals surface area contributed by atoms with Crippen molar-refractivity contribution in [3.63, 3.8) is 0 Å². The molecule has 3 rings (SSSR count). The normalized spacial score (nSPS) is 11.6. The fourth-order valence-electron chi connectivity index (χ4n) is 3.59. The van der Waals surface area contributed by atoms with Crippen LogP contribution in [0, 0.1) is 5.82 Å². The first kappa shape index (κ1) is 25.8. The maximum atomic E-state index is 13.4. The van der Waals surface area contributed by atoms with Crippen molar-refractivity contribution in [2.45, 2.75) is 36.7 Å². The number of carbonyl (C=O) groups is 2. The molecule has 0 bridgehead atoms. The Morgan fingerprint density at radius 2 is 1.65 bits per heavy atom. The van der Waals surface area contributed by atoms with Gasteiger partial charge < -0.3 is 10.2 Å². The minimum Gasteiger partial charge on any atom is -0.357 e. The number of nitrogens with one attached hydrogen (secondary N) is 1. The number of nitrogens with zero attached hydrogens (tertiary/aromatic N) is 1. The van der Waals surface area contributed by atoms with Gasteiger partial charge in [-0.3, -0.25) is 9.59 Å². The first-order chi connectivity index (χ1) is 16.5. The lowest BCUT2D eigenvalue weighted by atomic mass is 10.0. The number of carbonyl (C=O) groups excluding carboxylic acids is 2. The van der Waals surface area contributed by atoms with Crippen LogP contribution in [0.3, 0.4) is 0 Å². The molecule has 0 aromatic heterocycles. The summed E-state index contributed by atoms with van der Waals surface area (Å²) in [5, 5.41) is 3.39. The van der Waals surface area contributed by atoms with Crippen molar-refractivity contribution in [3.8, 4) is 0 Å². The lowest BCUT2D eigenvalue weighted by Crippen LogP contribution is -2.49. The molecule has 0 saturated carbocycles. The Morgan fingerprint density at radius 1 is 0.971 bits per heavy atom. The fraction of sp³-hybridized carbons (Fsp3) is 0.259. The van der Waals surface area contributed by atoms with E-state index in [9.17, 15) is 14.0 Å². The van der Waals surface area contributed by atoms with Gasteiger partial charge in [-0.1, -0.05) is 54.1 Å². The summed E-state index contributed by atoms with van der Waals surface area (Å²) in [5.74, 6) is 0.0922. The quantitative estimate of drug-likeness (QED) is 0.271. The summed E-state index contributed by atoms with van der Waals surface area (Å²) in [4.78, 5) is 28.9. The van der Waals surface area contributed by atoms with E-state index in [1.54, 1.807) is 35.8 Å². The monoisotopic (exact) mass is 498 g/mol. The fourth-order valence-corrected chi connectivity index (χ4v) is 4.57. The van der Waals surface area contributed by atoms with Gasteiger partial charge in [0.05, 0.1) is 0 Å². The smallest absolute Gasteiger partial charge is 0.242 e. The van der Waals surface area contributed by atoms with Gasteiger partial charge in [-0.25, -0.2) is 4.39 Å². The number of rotatable bonds is 11. The highest BCUT2D eigenvalue weighted by Crippen LogP contribution is 2.22. The van der Waals surface area contributed by atoms with E-state index < -0.39 is 6.04 Å². The van der Waals surface area contributed by atoms with Gasteiger partial charge in [-0.15, -0.1) is 11.8 Å². The maximum absolute atomic E-state index is 13.4. The molecule has 0 radical (unpaired) electrons. The molecule has 3 aromatic rings. The number of halogens is 2. The molecule has 2 amide bonds. The third kappa shape index (κ3) is 7.89. The van der Waals surface area contributed by atoms with E-state index >= 15 is 0 Å². The second-order valence-electron chi connectivity index (χ2n) is 7.87. The van der Waals surface area contributed by atoms with Crippen LogP contribution in [0.4, 0.5) is 4.39 Å². The molecule has 0 fully saturated rings. The van der Waals surface area contributed by atoms with E-state index in [2.05, 4.69) is 5.32 Å². The zero-order chi connectivity index (χ0) is 24.3. The SMILES string of the molecule is CNC(=O)C(Cc1ccccc1)N(Cc1ccc(F)cc1)C(=O)CCCSc1ccc(Cl)cc1. The van der Waals surface area contributed by atoms with Crippen LogP contribution in [-0.4, -0.2) is 35.6 Å². The molecule has 4 nitrogen and oxygen atoms in total. The van der Waals surface area contributed by atoms with Gasteiger partial charge in [0.15, 0.2) is 0 Å². The van der Waals surface area contributed by atoms with Crippen molar-refractivity contribution >= 4 is 35.2 Å². The van der Waals surface area contributed by atoms with Gasteiger partial charge in [0.2, 0.25) is 11.8 Å². The second-order valence-corrected chi connectivity index (χ2v) is 9.48. The third-order valence-corrected chi connectivity index (χ3v) is 6.75. The molecule has 0 aliphatic heterocycles. The topological polar surface area (TPSA) is 49.4 Å². The Morgan fingerprint density at radius 3 is 2.29 bits per heavy atom. The minimum absolute atomic E-state index is 0.106. The molecular weight excluding hydrogens is 471 g/mol. The van der Waals surface area contributed by atoms with E-state index in [1.165, 1.54) is 12.1 Å². The first-order valence-electron chi connectivity index (χ1n) is 11.1. The summed E-state index contributed by atoms with van der Waals surface area (Å²) >= 11 is 7.60. The summed E-state index contributed by atoms with van der Waals surface area (Å²) in [6, 6.07) is 22.6. The molecule has 0 spiro atoms. The molecule has 0 aliphatic carbocycles. The lowest BCUT2D eigenvalue weighted by molar-refractivity contribution is -0.141. The van der Waals surface area contributed by atoms with Gasteiger partial charge in [0, 0.05) is 36.4 Å². The van der Waals surface area contributed by atoms with Crippen LogP contribution in [0.5, 0.6) is 0 Å². The minimum atomic E-state index is -0.672. The Hall–Kier alpha value is -2.83. The Bertz CT molecular complexity index is 1060. The van der Waals surface area contributed by atoms with Crippen LogP contribution in [0.2, 0.25) is 5.02 Å². The zero-order valence-electron chi connectivity index (χ0n) is 19.0. The van der Waals surface area contributed by atoms with Gasteiger partial charge in [-0.2, -0.15) is 0 Å². The largest absolute Gasteiger partial charge is 0.357 e. The standard InChI is InChI=1S/C27H28ClFN2O2S/c1-30-27(33)25(18-20-6-3-2-4-7-20)31(19-21-9-13-23(29)14-10-21)26(32)8-5-17-34-24-15-11-22(28)12-16-24/h2-4,6-7,9-16,25H,5,8,17-19H2,1H3,(H,30,33). The van der Waals surface area contributed by atoms with Crippen LogP contribution < -0.4 is 5.32 Å². The molecule has 0 aliphatic rings. The molecule has 3 aromatic carbocycles. The Kier molecular flexibility index (Phi) is 9.98. The molecule has 34 heavy (non-hydrogen) atoms. The van der Waals surface area contributed by atoms with E-state index in [0.29, 0.717) is 24.3 Å². The number of hydrogen-bond donors (Lipinski definition) is 1. The van der Waals surface area contributed by atoms with Crippen LogP contribution in [0.15, 0.2) is 83.8 Å². The van der Waals surface area contributed by atoms with Crippen LogP contribution in [-0.2, 0) is 22.6 Å². The van der Waals surface area contributed by atoms with Crippen LogP contribution in [0.25, 0.3) is 0 Å². The van der Waals surface area contributed by atoms with E-state index in [1.807, 2.05) is 54.6 Å².